The number of allylic oxidation sites excluding steroid dienone is 2. The highest BCUT2D eigenvalue weighted by Gasteiger charge is 2.30. The third-order valence-corrected chi connectivity index (χ3v) is 15.6. The lowest BCUT2D eigenvalue weighted by Gasteiger charge is -2.11. The maximum Gasteiger partial charge on any atom is 0.796 e. The van der Waals surface area contributed by atoms with Crippen LogP contribution < -0.4 is 0 Å². The number of H-pyrrole nitrogens is 4. The van der Waals surface area contributed by atoms with Crippen LogP contribution in [0.25, 0.3) is 78.8 Å². The molecule has 0 saturated carbocycles. The Bertz CT molecular complexity index is 3570. The van der Waals surface area contributed by atoms with Gasteiger partial charge in [-0.15, -0.1) is 0 Å². The molecule has 14 heteroatoms. The molecule has 0 aliphatic carbocycles. The van der Waals surface area contributed by atoms with Gasteiger partial charge in [0.1, 0.15) is 11.5 Å². The SMILES string of the molecule is CCc1c(C(=O)/C=C(\OB(F)F)c2[nH]c(-c3ccccc3)c(CC)c2CC)[nH]c(-c2cccc(-c3cccc(-c4cccc(-c5[nH]c(C(=O)/C=C(\OB(F)F)c6[nH]c(-c7ccccc7)c(CC)c6CC)c(CC)c5CC)c4)c3)c2)c1CC. The van der Waals surface area contributed by atoms with Crippen LogP contribution in [0.5, 0.6) is 0 Å². The number of hydrogen-bond acceptors (Lipinski definition) is 4. The number of aromatic amines is 4. The normalized spacial score (nSPS) is 11.8. The molecule has 8 nitrogen and oxygen atoms in total. The van der Waals surface area contributed by atoms with Crippen molar-refractivity contribution in [2.75, 3.05) is 0 Å². The Kier molecular flexibility index (Phi) is 18.4. The Labute approximate surface area is 478 Å². The van der Waals surface area contributed by atoms with Crippen LogP contribution in [-0.2, 0) is 60.7 Å². The maximum absolute atomic E-state index is 14.5. The molecule has 0 radical (unpaired) electrons. The van der Waals surface area contributed by atoms with Crippen LogP contribution in [0, 0.1) is 0 Å². The molecule has 0 amide bonds. The Hall–Kier alpha value is -8.51. The average Bonchev–Trinajstić information content (AvgIpc) is 4.46. The molecular weight excluding hydrogens is 1030 g/mol. The zero-order chi connectivity index (χ0) is 58.2. The summed E-state index contributed by atoms with van der Waals surface area (Å²) >= 11 is 0. The molecule has 0 atom stereocenters. The maximum atomic E-state index is 14.5. The number of benzene rings is 5. The topological polar surface area (TPSA) is 116 Å². The van der Waals surface area contributed by atoms with Crippen LogP contribution in [0.2, 0.25) is 0 Å². The first kappa shape index (κ1) is 58.2. The van der Waals surface area contributed by atoms with Gasteiger partial charge in [-0.25, -0.2) is 17.3 Å². The highest BCUT2D eigenvalue weighted by molar-refractivity contribution is 6.36. The van der Waals surface area contributed by atoms with Crippen molar-refractivity contribution in [2.24, 2.45) is 0 Å². The molecule has 418 valence electrons. The minimum Gasteiger partial charge on any atom is -0.503 e. The number of aromatic nitrogens is 4. The van der Waals surface area contributed by atoms with Gasteiger partial charge in [-0.05, 0) is 159 Å². The number of rotatable bonds is 24. The molecule has 0 fully saturated rings. The number of ketones is 2. The van der Waals surface area contributed by atoms with E-state index < -0.39 is 26.5 Å². The minimum atomic E-state index is -3.16. The second-order valence-electron chi connectivity index (χ2n) is 20.1. The van der Waals surface area contributed by atoms with Gasteiger partial charge in [0.25, 0.3) is 0 Å². The van der Waals surface area contributed by atoms with Gasteiger partial charge in [0, 0.05) is 34.9 Å². The van der Waals surface area contributed by atoms with Gasteiger partial charge in [-0.2, -0.15) is 0 Å². The molecule has 9 aromatic rings. The van der Waals surface area contributed by atoms with E-state index in [1.807, 2.05) is 159 Å². The van der Waals surface area contributed by atoms with Crippen molar-refractivity contribution in [1.29, 1.82) is 0 Å². The largest absolute Gasteiger partial charge is 0.796 e. The quantitative estimate of drug-likeness (QED) is 0.0159. The Balaban J connectivity index is 1.03. The van der Waals surface area contributed by atoms with E-state index in [1.54, 1.807) is 0 Å². The fourth-order valence-corrected chi connectivity index (χ4v) is 12.0. The molecule has 82 heavy (non-hydrogen) atoms. The van der Waals surface area contributed by atoms with Crippen LogP contribution in [0.1, 0.15) is 132 Å². The molecule has 4 aromatic heterocycles. The number of halogens is 4. The monoisotopic (exact) mass is 1100 g/mol. The molecule has 0 spiro atoms. The van der Waals surface area contributed by atoms with Crippen LogP contribution in [-0.4, -0.2) is 46.4 Å². The molecule has 5 aromatic carbocycles. The summed E-state index contributed by atoms with van der Waals surface area (Å²) in [7, 11) is -6.33. The Morgan fingerprint density at radius 2 is 0.585 bits per heavy atom. The molecular formula is C68H68B2F4N4O4. The predicted molar refractivity (Wildman–Crippen MR) is 327 cm³/mol. The summed E-state index contributed by atoms with van der Waals surface area (Å²) in [5.74, 6) is -1.38. The summed E-state index contributed by atoms with van der Waals surface area (Å²) in [6, 6.07) is 43.9. The van der Waals surface area contributed by atoms with E-state index in [9.17, 15) is 26.9 Å². The van der Waals surface area contributed by atoms with Crippen molar-refractivity contribution in [2.45, 2.75) is 107 Å². The van der Waals surface area contributed by atoms with Gasteiger partial charge in [0.05, 0.1) is 22.8 Å². The highest BCUT2D eigenvalue weighted by atomic mass is 19.2. The first-order valence-electron chi connectivity index (χ1n) is 28.6. The summed E-state index contributed by atoms with van der Waals surface area (Å²) < 4.78 is 67.4. The van der Waals surface area contributed by atoms with Crippen molar-refractivity contribution in [3.63, 3.8) is 0 Å². The number of nitrogens with one attached hydrogen (secondary N) is 4. The number of carbonyl (C=O) groups is 2. The van der Waals surface area contributed by atoms with E-state index in [0.717, 1.165) is 112 Å². The van der Waals surface area contributed by atoms with E-state index in [4.69, 9.17) is 9.31 Å². The van der Waals surface area contributed by atoms with Crippen molar-refractivity contribution in [1.82, 2.24) is 19.9 Å². The number of carbonyl (C=O) groups excluding carboxylic acids is 2. The van der Waals surface area contributed by atoms with E-state index in [1.165, 1.54) is 12.2 Å². The second kappa shape index (κ2) is 25.9. The zero-order valence-electron chi connectivity index (χ0n) is 47.8. The lowest BCUT2D eigenvalue weighted by molar-refractivity contribution is 0.103. The van der Waals surface area contributed by atoms with Gasteiger partial charge in [-0.3, -0.25) is 9.59 Å². The Morgan fingerprint density at radius 3 is 0.878 bits per heavy atom. The molecule has 0 unspecified atom stereocenters. The van der Waals surface area contributed by atoms with E-state index in [2.05, 4.69) is 50.3 Å². The highest BCUT2D eigenvalue weighted by Crippen LogP contribution is 2.39. The lowest BCUT2D eigenvalue weighted by atomic mass is 9.94. The van der Waals surface area contributed by atoms with Gasteiger partial charge in [0.2, 0.25) is 11.6 Å². The van der Waals surface area contributed by atoms with Crippen LogP contribution in [0.4, 0.5) is 17.3 Å². The van der Waals surface area contributed by atoms with Crippen LogP contribution >= 0.6 is 0 Å². The van der Waals surface area contributed by atoms with E-state index >= 15 is 0 Å². The Morgan fingerprint density at radius 1 is 0.341 bits per heavy atom. The summed E-state index contributed by atoms with van der Waals surface area (Å²) in [6.07, 6.45) is 7.03. The molecule has 4 heterocycles. The minimum absolute atomic E-state index is 0.217. The van der Waals surface area contributed by atoms with E-state index in [-0.39, 0.29) is 11.5 Å². The summed E-state index contributed by atoms with van der Waals surface area (Å²) in [5, 5.41) is 0. The number of hydrogen-bond donors (Lipinski definition) is 4. The smallest absolute Gasteiger partial charge is 0.503 e. The van der Waals surface area contributed by atoms with Crippen molar-refractivity contribution in [3.05, 3.63) is 213 Å². The zero-order valence-corrected chi connectivity index (χ0v) is 47.8. The summed E-state index contributed by atoms with van der Waals surface area (Å²) in [5.41, 5.74) is 19.0. The summed E-state index contributed by atoms with van der Waals surface area (Å²) in [4.78, 5) is 42.7. The molecule has 0 bridgehead atoms. The van der Waals surface area contributed by atoms with Crippen molar-refractivity contribution >= 4 is 38.0 Å². The fraction of sp³-hybridized carbons (Fsp3) is 0.235. The summed E-state index contributed by atoms with van der Waals surface area (Å²) in [6.45, 7) is 16.0. The van der Waals surface area contributed by atoms with Crippen molar-refractivity contribution in [3.8, 4) is 67.3 Å². The van der Waals surface area contributed by atoms with Gasteiger partial charge in [-0.1, -0.05) is 171 Å². The molecule has 0 saturated heterocycles. The predicted octanol–water partition coefficient (Wildman–Crippen LogP) is 17.8. The van der Waals surface area contributed by atoms with E-state index in [0.29, 0.717) is 74.1 Å². The van der Waals surface area contributed by atoms with Gasteiger partial charge in [0.15, 0.2) is 0 Å². The fourth-order valence-electron chi connectivity index (χ4n) is 12.0. The first-order valence-corrected chi connectivity index (χ1v) is 28.6. The molecule has 0 aliphatic heterocycles. The molecule has 4 N–H and O–H groups in total. The third kappa shape index (κ3) is 11.8. The standard InChI is InChI=1S/C68H68B2F4N4O4/c1-9-49-53(13-5)65(57(79)39-59(81-69(71)72)67-55(15-7)51(11-3)61(77-67)41-26-19-17-20-27-41)75-63(49)47-34-24-32-45(37-47)43-30-23-31-44(36-43)46-33-25-35-48(38-46)64-50(10-2)54(14-6)66(76-64)58(80)40-60(82-70(73)74)68-56(16-8)52(12-4)62(78-68)42-28-21-18-22-29-42/h17-40,75-78H,9-16H2,1-8H3/b59-39-,60-40-. The van der Waals surface area contributed by atoms with Crippen LogP contribution in [0.3, 0.4) is 0 Å². The van der Waals surface area contributed by atoms with Gasteiger partial charge < -0.3 is 29.2 Å². The van der Waals surface area contributed by atoms with Crippen molar-refractivity contribution < 1.29 is 36.2 Å². The lowest BCUT2D eigenvalue weighted by Crippen LogP contribution is -2.09. The van der Waals surface area contributed by atoms with Crippen LogP contribution in [0.15, 0.2) is 146 Å². The van der Waals surface area contributed by atoms with Gasteiger partial charge >= 0.3 is 14.9 Å². The second-order valence-corrected chi connectivity index (χ2v) is 20.1. The first-order chi connectivity index (χ1) is 39.8. The average molecular weight is 1100 g/mol. The molecule has 0 aliphatic rings. The third-order valence-electron chi connectivity index (χ3n) is 15.6. The molecule has 9 rings (SSSR count).